The van der Waals surface area contributed by atoms with Crippen LogP contribution in [0.15, 0.2) is 12.4 Å². The molecule has 120 valence electrons. The number of rotatable bonds is 2. The number of carbonyl (C=O) groups is 1. The molecule has 2 heterocycles. The van der Waals surface area contributed by atoms with Gasteiger partial charge in [-0.05, 0) is 5.92 Å². The van der Waals surface area contributed by atoms with Crippen LogP contribution in [0.5, 0.6) is 0 Å². The maximum absolute atomic E-state index is 12.4. The van der Waals surface area contributed by atoms with Gasteiger partial charge in [0.05, 0.1) is 18.1 Å². The molecule has 2 rings (SSSR count). The summed E-state index contributed by atoms with van der Waals surface area (Å²) in [5.74, 6) is -0.170. The molecule has 0 spiro atoms. The van der Waals surface area contributed by atoms with E-state index in [1.54, 1.807) is 13.8 Å². The SMILES string of the molecule is CC(C)c1nnn(C(=O)n2ccnn2)c1C(Cl)(Cl)C(Cl)(Cl)Cl. The summed E-state index contributed by atoms with van der Waals surface area (Å²) >= 11 is 30.0. The lowest BCUT2D eigenvalue weighted by Gasteiger charge is -2.28. The van der Waals surface area contributed by atoms with E-state index in [0.717, 1.165) is 9.36 Å². The summed E-state index contributed by atoms with van der Waals surface area (Å²) in [7, 11) is 0. The van der Waals surface area contributed by atoms with Gasteiger partial charge in [0.15, 0.2) is 0 Å². The van der Waals surface area contributed by atoms with E-state index in [0.29, 0.717) is 5.69 Å². The molecule has 0 bridgehead atoms. The lowest BCUT2D eigenvalue weighted by atomic mass is 10.1. The molecule has 0 aliphatic rings. The van der Waals surface area contributed by atoms with Crippen LogP contribution in [-0.4, -0.2) is 39.8 Å². The van der Waals surface area contributed by atoms with Crippen LogP contribution in [0.1, 0.15) is 31.2 Å². The van der Waals surface area contributed by atoms with E-state index in [4.69, 9.17) is 58.0 Å². The standard InChI is InChI=1S/C10H9Cl5N6O/c1-5(2)6-7(9(11,12)10(13,14)15)21(19-17-6)8(22)20-4-3-16-18-20/h3-5H,1-2H3. The van der Waals surface area contributed by atoms with Crippen molar-refractivity contribution < 1.29 is 4.79 Å². The van der Waals surface area contributed by atoms with Crippen molar-refractivity contribution in [1.82, 2.24) is 30.0 Å². The van der Waals surface area contributed by atoms with Crippen molar-refractivity contribution in [1.29, 1.82) is 0 Å². The Bertz CT molecular complexity index is 675. The molecule has 0 atom stereocenters. The molecule has 0 aliphatic heterocycles. The van der Waals surface area contributed by atoms with Gasteiger partial charge in [0, 0.05) is 0 Å². The number of hydrogen-bond acceptors (Lipinski definition) is 5. The Balaban J connectivity index is 2.65. The molecule has 0 aromatic carbocycles. The predicted octanol–water partition coefficient (Wildman–Crippen LogP) is 3.51. The molecule has 0 aliphatic carbocycles. The largest absolute Gasteiger partial charge is 0.372 e. The second-order valence-electron chi connectivity index (χ2n) is 4.59. The third-order valence-electron chi connectivity index (χ3n) is 2.70. The van der Waals surface area contributed by atoms with E-state index in [-0.39, 0.29) is 11.6 Å². The van der Waals surface area contributed by atoms with Crippen molar-refractivity contribution in [3.8, 4) is 0 Å². The van der Waals surface area contributed by atoms with Crippen molar-refractivity contribution in [3.05, 3.63) is 23.8 Å². The van der Waals surface area contributed by atoms with Crippen LogP contribution < -0.4 is 0 Å². The number of nitrogens with zero attached hydrogens (tertiary/aromatic N) is 6. The van der Waals surface area contributed by atoms with E-state index in [1.807, 2.05) is 0 Å². The van der Waals surface area contributed by atoms with Crippen molar-refractivity contribution in [2.75, 3.05) is 0 Å². The van der Waals surface area contributed by atoms with Gasteiger partial charge in [-0.25, -0.2) is 4.79 Å². The number of alkyl halides is 5. The van der Waals surface area contributed by atoms with E-state index in [1.165, 1.54) is 12.4 Å². The highest BCUT2D eigenvalue weighted by molar-refractivity contribution is 6.75. The Morgan fingerprint density at radius 1 is 1.18 bits per heavy atom. The lowest BCUT2D eigenvalue weighted by molar-refractivity contribution is 0.236. The fraction of sp³-hybridized carbons (Fsp3) is 0.500. The van der Waals surface area contributed by atoms with Gasteiger partial charge < -0.3 is 0 Å². The number of carbonyl (C=O) groups excluding carboxylic acids is 1. The highest BCUT2D eigenvalue weighted by Gasteiger charge is 2.52. The minimum absolute atomic E-state index is 0.0358. The van der Waals surface area contributed by atoms with E-state index in [2.05, 4.69) is 20.6 Å². The molecule has 0 unspecified atom stereocenters. The van der Waals surface area contributed by atoms with Crippen LogP contribution in [0, 0.1) is 0 Å². The van der Waals surface area contributed by atoms with Gasteiger partial charge in [0.1, 0.15) is 5.69 Å². The number of halogens is 5. The molecule has 22 heavy (non-hydrogen) atoms. The zero-order chi connectivity index (χ0) is 16.7. The maximum Gasteiger partial charge on any atom is 0.372 e. The molecule has 2 aromatic rings. The van der Waals surface area contributed by atoms with Crippen molar-refractivity contribution >= 4 is 64.0 Å². The number of aromatic nitrogens is 6. The predicted molar refractivity (Wildman–Crippen MR) is 84.0 cm³/mol. The Morgan fingerprint density at radius 3 is 2.27 bits per heavy atom. The van der Waals surface area contributed by atoms with Crippen LogP contribution in [0.2, 0.25) is 0 Å². The van der Waals surface area contributed by atoms with Crippen molar-refractivity contribution in [2.24, 2.45) is 0 Å². The minimum Gasteiger partial charge on any atom is -0.243 e. The van der Waals surface area contributed by atoms with E-state index >= 15 is 0 Å². The van der Waals surface area contributed by atoms with Gasteiger partial charge in [-0.2, -0.15) is 9.36 Å². The molecular weight excluding hydrogens is 397 g/mol. The van der Waals surface area contributed by atoms with Gasteiger partial charge in [0.25, 0.3) is 0 Å². The van der Waals surface area contributed by atoms with Crippen molar-refractivity contribution in [3.63, 3.8) is 0 Å². The molecule has 12 heteroatoms. The molecule has 2 aromatic heterocycles. The monoisotopic (exact) mass is 404 g/mol. The normalized spacial score (nSPS) is 12.9. The van der Waals surface area contributed by atoms with Crippen LogP contribution in [0.25, 0.3) is 0 Å². The molecule has 0 radical (unpaired) electrons. The molecule has 0 N–H and O–H groups in total. The average Bonchev–Trinajstić information content (AvgIpc) is 3.06. The summed E-state index contributed by atoms with van der Waals surface area (Å²) in [6.45, 7) is 3.61. The van der Waals surface area contributed by atoms with Crippen LogP contribution in [0.4, 0.5) is 4.79 Å². The molecule has 0 amide bonds. The second-order valence-corrected chi connectivity index (χ2v) is 8.20. The molecule has 0 saturated carbocycles. The summed E-state index contributed by atoms with van der Waals surface area (Å²) in [6.07, 6.45) is 2.64. The molecule has 7 nitrogen and oxygen atoms in total. The topological polar surface area (TPSA) is 78.5 Å². The first-order valence-electron chi connectivity index (χ1n) is 5.89. The zero-order valence-electron chi connectivity index (χ0n) is 11.2. The maximum atomic E-state index is 12.4. The Labute approximate surface area is 150 Å². The lowest BCUT2D eigenvalue weighted by Crippen LogP contribution is -2.35. The van der Waals surface area contributed by atoms with Crippen LogP contribution in [0.3, 0.4) is 0 Å². The molecule has 0 fully saturated rings. The quantitative estimate of drug-likeness (QED) is 0.713. The summed E-state index contributed by atoms with van der Waals surface area (Å²) < 4.78 is -2.42. The van der Waals surface area contributed by atoms with Gasteiger partial charge in [-0.3, -0.25) is 0 Å². The summed E-state index contributed by atoms with van der Waals surface area (Å²) in [6, 6.07) is -0.716. The van der Waals surface area contributed by atoms with Crippen molar-refractivity contribution in [2.45, 2.75) is 27.9 Å². The number of hydrogen-bond donors (Lipinski definition) is 0. The van der Waals surface area contributed by atoms with Gasteiger partial charge >= 0.3 is 6.03 Å². The first-order valence-corrected chi connectivity index (χ1v) is 7.78. The average molecular weight is 406 g/mol. The van der Waals surface area contributed by atoms with E-state index in [9.17, 15) is 4.79 Å². The first-order chi connectivity index (χ1) is 10.1. The Hall–Kier alpha value is -0.600. The highest BCUT2D eigenvalue weighted by Crippen LogP contribution is 2.54. The third kappa shape index (κ3) is 3.05. The third-order valence-corrected chi connectivity index (χ3v) is 5.05. The smallest absolute Gasteiger partial charge is 0.243 e. The minimum atomic E-state index is -2.12. The fourth-order valence-corrected chi connectivity index (χ4v) is 2.27. The van der Waals surface area contributed by atoms with Gasteiger partial charge in [-0.1, -0.05) is 82.3 Å². The Kier molecular flexibility index (Phi) is 4.94. The van der Waals surface area contributed by atoms with Crippen LogP contribution >= 0.6 is 58.0 Å². The van der Waals surface area contributed by atoms with E-state index < -0.39 is 14.2 Å². The first kappa shape index (κ1) is 17.7. The zero-order valence-corrected chi connectivity index (χ0v) is 15.0. The Morgan fingerprint density at radius 2 is 1.82 bits per heavy atom. The highest BCUT2D eigenvalue weighted by atomic mass is 35.6. The van der Waals surface area contributed by atoms with Gasteiger partial charge in [-0.15, -0.1) is 10.2 Å². The fourth-order valence-electron chi connectivity index (χ4n) is 1.65. The molecule has 0 saturated heterocycles. The van der Waals surface area contributed by atoms with Crippen LogP contribution in [-0.2, 0) is 4.33 Å². The summed E-state index contributed by atoms with van der Waals surface area (Å²) in [5, 5.41) is 14.8. The van der Waals surface area contributed by atoms with Gasteiger partial charge in [0.2, 0.25) is 8.13 Å². The molecular formula is C10H9Cl5N6O. The second kappa shape index (κ2) is 6.13. The summed E-state index contributed by atoms with van der Waals surface area (Å²) in [4.78, 5) is 12.4. The summed E-state index contributed by atoms with van der Waals surface area (Å²) in [5.41, 5.74) is 0.288.